The smallest absolute Gasteiger partial charge is 0.243 e. The van der Waals surface area contributed by atoms with Crippen molar-refractivity contribution in [3.05, 3.63) is 54.1 Å². The summed E-state index contributed by atoms with van der Waals surface area (Å²) < 4.78 is 0. The summed E-state index contributed by atoms with van der Waals surface area (Å²) in [7, 11) is 0. The van der Waals surface area contributed by atoms with Crippen molar-refractivity contribution in [1.29, 1.82) is 0 Å². The van der Waals surface area contributed by atoms with Gasteiger partial charge in [-0.15, -0.1) is 0 Å². The van der Waals surface area contributed by atoms with Crippen molar-refractivity contribution >= 4 is 24.0 Å². The molecule has 0 spiro atoms. The Balaban J connectivity index is 1.99. The molecule has 0 bridgehead atoms. The topological polar surface area (TPSA) is 159 Å². The molecule has 0 aliphatic carbocycles. The van der Waals surface area contributed by atoms with Crippen LogP contribution >= 0.6 is 0 Å². The van der Waals surface area contributed by atoms with Gasteiger partial charge in [-0.25, -0.2) is 4.98 Å². The number of amides is 3. The summed E-state index contributed by atoms with van der Waals surface area (Å²) in [6.07, 6.45) is 6.01. The van der Waals surface area contributed by atoms with E-state index >= 15 is 0 Å². The number of nitrogens with zero attached hydrogens (tertiary/aromatic N) is 1. The molecule has 1 aromatic heterocycles. The number of aromatic amines is 1. The van der Waals surface area contributed by atoms with Crippen LogP contribution in [0.3, 0.4) is 0 Å². The summed E-state index contributed by atoms with van der Waals surface area (Å²) in [6, 6.07) is 7.29. The molecule has 10 nitrogen and oxygen atoms in total. The molecule has 1 radical (unpaired) electrons. The fourth-order valence-corrected chi connectivity index (χ4v) is 2.84. The number of hydrogen-bond acceptors (Lipinski definition) is 6. The molecule has 10 heteroatoms. The Hall–Kier alpha value is -3.53. The highest BCUT2D eigenvalue weighted by molar-refractivity contribution is 5.91. The second-order valence-corrected chi connectivity index (χ2v) is 6.92. The molecular formula is C21H27N6O4. The third kappa shape index (κ3) is 8.79. The van der Waals surface area contributed by atoms with Crippen LogP contribution in [0.4, 0.5) is 0 Å². The average molecular weight is 427 g/mol. The molecule has 0 saturated carbocycles. The van der Waals surface area contributed by atoms with Crippen LogP contribution in [0.15, 0.2) is 42.9 Å². The lowest BCUT2D eigenvalue weighted by molar-refractivity contribution is -0.130. The van der Waals surface area contributed by atoms with E-state index in [1.165, 1.54) is 6.33 Å². The Morgan fingerprint density at radius 3 is 2.52 bits per heavy atom. The van der Waals surface area contributed by atoms with Gasteiger partial charge in [0.2, 0.25) is 24.0 Å². The van der Waals surface area contributed by atoms with Gasteiger partial charge in [-0.1, -0.05) is 30.3 Å². The molecule has 2 aromatic rings. The quantitative estimate of drug-likeness (QED) is 0.279. The maximum Gasteiger partial charge on any atom is 0.243 e. The van der Waals surface area contributed by atoms with Crippen molar-refractivity contribution in [3.8, 4) is 0 Å². The number of nitrogens with one attached hydrogen (secondary N) is 4. The zero-order valence-corrected chi connectivity index (χ0v) is 17.1. The van der Waals surface area contributed by atoms with E-state index in [0.29, 0.717) is 18.7 Å². The Labute approximate surface area is 180 Å². The van der Waals surface area contributed by atoms with Gasteiger partial charge in [0.25, 0.3) is 0 Å². The van der Waals surface area contributed by atoms with E-state index in [-0.39, 0.29) is 31.7 Å². The number of imidazole rings is 1. The van der Waals surface area contributed by atoms with Crippen LogP contribution in [0.25, 0.3) is 0 Å². The molecule has 0 fully saturated rings. The van der Waals surface area contributed by atoms with Crippen LogP contribution in [0, 0.1) is 0 Å². The molecule has 2 atom stereocenters. The fourth-order valence-electron chi connectivity index (χ4n) is 2.84. The first kappa shape index (κ1) is 23.7. The molecule has 0 unspecified atom stereocenters. The van der Waals surface area contributed by atoms with E-state index in [1.54, 1.807) is 12.5 Å². The maximum absolute atomic E-state index is 12.8. The molecule has 3 amide bonds. The highest BCUT2D eigenvalue weighted by Gasteiger charge is 2.24. The van der Waals surface area contributed by atoms with E-state index in [9.17, 15) is 19.2 Å². The number of rotatable bonds is 13. The van der Waals surface area contributed by atoms with Crippen molar-refractivity contribution in [2.24, 2.45) is 5.73 Å². The number of benzene rings is 1. The average Bonchev–Trinajstić information content (AvgIpc) is 3.29. The van der Waals surface area contributed by atoms with Gasteiger partial charge in [0.05, 0.1) is 18.6 Å². The first-order valence-corrected chi connectivity index (χ1v) is 9.97. The normalized spacial score (nSPS) is 12.4. The van der Waals surface area contributed by atoms with Gasteiger partial charge in [0.1, 0.15) is 12.1 Å². The number of hydrogen-bond donors (Lipinski definition) is 5. The lowest BCUT2D eigenvalue weighted by atomic mass is 10.0. The van der Waals surface area contributed by atoms with Gasteiger partial charge in [-0.05, 0) is 18.5 Å². The van der Waals surface area contributed by atoms with E-state index in [4.69, 9.17) is 5.73 Å². The van der Waals surface area contributed by atoms with Crippen molar-refractivity contribution in [3.63, 3.8) is 0 Å². The number of carbonyl (C=O) groups excluding carboxylic acids is 4. The van der Waals surface area contributed by atoms with E-state index in [2.05, 4.69) is 25.9 Å². The maximum atomic E-state index is 12.8. The standard InChI is InChI=1S/C21H27N6O4/c22-8-4-7-19(29)24-12-20(30)27-18(9-15-5-2-1-3-6-15)21(31)26-17(13-28)10-16-11-23-14-25-16/h1-3,5-6,11,14,17-18H,4,7-10,12,22H2,(H,23,25)(H,24,29)(H,26,31)(H,27,30)/t17-,18-/m0/s1. The van der Waals surface area contributed by atoms with Crippen molar-refractivity contribution < 1.29 is 19.2 Å². The molecule has 1 heterocycles. The largest absolute Gasteiger partial charge is 0.351 e. The fraction of sp³-hybridized carbons (Fsp3) is 0.381. The second kappa shape index (κ2) is 12.9. The van der Waals surface area contributed by atoms with Gasteiger partial charge in [0.15, 0.2) is 0 Å². The summed E-state index contributed by atoms with van der Waals surface area (Å²) in [5.74, 6) is -1.34. The minimum Gasteiger partial charge on any atom is -0.351 e. The summed E-state index contributed by atoms with van der Waals surface area (Å²) >= 11 is 0. The van der Waals surface area contributed by atoms with Crippen LogP contribution in [0.1, 0.15) is 24.1 Å². The van der Waals surface area contributed by atoms with Crippen LogP contribution in [-0.4, -0.2) is 59.1 Å². The van der Waals surface area contributed by atoms with Gasteiger partial charge in [-0.3, -0.25) is 19.2 Å². The number of nitrogens with two attached hydrogens (primary N) is 1. The minimum absolute atomic E-state index is 0.169. The highest BCUT2D eigenvalue weighted by Crippen LogP contribution is 2.05. The molecule has 0 aliphatic rings. The van der Waals surface area contributed by atoms with Crippen molar-refractivity contribution in [1.82, 2.24) is 25.9 Å². The molecule has 0 aliphatic heterocycles. The Kier molecular flexibility index (Phi) is 9.89. The molecule has 6 N–H and O–H groups in total. The molecule has 1 aromatic carbocycles. The van der Waals surface area contributed by atoms with Crippen molar-refractivity contribution in [2.75, 3.05) is 13.1 Å². The first-order chi connectivity index (χ1) is 15.0. The zero-order valence-electron chi connectivity index (χ0n) is 17.1. The van der Waals surface area contributed by atoms with Gasteiger partial charge < -0.3 is 26.7 Å². The van der Waals surface area contributed by atoms with Gasteiger partial charge in [-0.2, -0.15) is 0 Å². The Morgan fingerprint density at radius 2 is 1.87 bits per heavy atom. The van der Waals surface area contributed by atoms with E-state index in [0.717, 1.165) is 5.56 Å². The van der Waals surface area contributed by atoms with Gasteiger partial charge >= 0.3 is 0 Å². The predicted molar refractivity (Wildman–Crippen MR) is 113 cm³/mol. The van der Waals surface area contributed by atoms with Crippen LogP contribution in [0.2, 0.25) is 0 Å². The third-order valence-electron chi connectivity index (χ3n) is 4.42. The van der Waals surface area contributed by atoms with Crippen LogP contribution < -0.4 is 21.7 Å². The Bertz CT molecular complexity index is 841. The van der Waals surface area contributed by atoms with Crippen LogP contribution in [-0.2, 0) is 32.0 Å². The van der Waals surface area contributed by atoms with Crippen molar-refractivity contribution in [2.45, 2.75) is 37.8 Å². The lowest BCUT2D eigenvalue weighted by Crippen LogP contribution is -2.53. The summed E-state index contributed by atoms with van der Waals surface area (Å²) in [4.78, 5) is 54.9. The summed E-state index contributed by atoms with van der Waals surface area (Å²) in [5.41, 5.74) is 6.78. The second-order valence-electron chi connectivity index (χ2n) is 6.92. The molecule has 2 rings (SSSR count). The van der Waals surface area contributed by atoms with Crippen LogP contribution in [0.5, 0.6) is 0 Å². The van der Waals surface area contributed by atoms with E-state index in [1.807, 2.05) is 30.3 Å². The predicted octanol–water partition coefficient (Wildman–Crippen LogP) is -0.871. The minimum atomic E-state index is -0.939. The lowest BCUT2D eigenvalue weighted by Gasteiger charge is -2.21. The molecular weight excluding hydrogens is 400 g/mol. The monoisotopic (exact) mass is 427 g/mol. The molecule has 165 valence electrons. The first-order valence-electron chi connectivity index (χ1n) is 9.97. The number of carbonyl (C=O) groups is 3. The highest BCUT2D eigenvalue weighted by atomic mass is 16.2. The summed E-state index contributed by atoms with van der Waals surface area (Å²) in [5, 5.41) is 7.71. The SMILES string of the molecule is NCCCC(=O)NCC(=O)N[C@@H](Cc1ccccc1)C(=O)N[C@H]([C]=O)Cc1c[nH]cn1. The number of aromatic nitrogens is 2. The van der Waals surface area contributed by atoms with Gasteiger partial charge in [0, 0.05) is 25.5 Å². The van der Waals surface area contributed by atoms with E-state index < -0.39 is 23.9 Å². The zero-order chi connectivity index (χ0) is 22.5. The molecule has 0 saturated heterocycles. The summed E-state index contributed by atoms with van der Waals surface area (Å²) in [6.45, 7) is 0.116. The molecule has 31 heavy (non-hydrogen) atoms. The Morgan fingerprint density at radius 1 is 1.10 bits per heavy atom. The number of H-pyrrole nitrogens is 1. The third-order valence-corrected chi connectivity index (χ3v) is 4.42.